The van der Waals surface area contributed by atoms with Crippen LogP contribution < -0.4 is 21.9 Å². The smallest absolute Gasteiger partial charge is 0.160 e. The Hall–Kier alpha value is -2.11. The monoisotopic (exact) mass is 379 g/mol. The van der Waals surface area contributed by atoms with Gasteiger partial charge in [-0.15, -0.1) is 0 Å². The third kappa shape index (κ3) is 3.69. The number of methoxy groups -OCH3 is 2. The first-order chi connectivity index (χ1) is 11.9. The molecule has 0 saturated carbocycles. The molecule has 1 heterocycles. The number of nitrogens with zero attached hydrogens (tertiary/aromatic N) is 1. The molecule has 2 aromatic rings. The van der Waals surface area contributed by atoms with Crippen LogP contribution in [0.1, 0.15) is 22.7 Å². The van der Waals surface area contributed by atoms with E-state index in [9.17, 15) is 10.2 Å². The van der Waals surface area contributed by atoms with Gasteiger partial charge in [-0.25, -0.2) is 0 Å². The summed E-state index contributed by atoms with van der Waals surface area (Å²) in [6.45, 7) is 1.01. The second kappa shape index (κ2) is 7.64. The summed E-state index contributed by atoms with van der Waals surface area (Å²) in [5, 5.41) is 20.3. The van der Waals surface area contributed by atoms with Crippen molar-refractivity contribution in [2.75, 3.05) is 34.9 Å². The number of phenols is 2. The first-order valence-electron chi connectivity index (χ1n) is 8.44. The van der Waals surface area contributed by atoms with Crippen LogP contribution in [-0.2, 0) is 12.8 Å². The molecule has 1 aliphatic rings. The van der Waals surface area contributed by atoms with E-state index in [-0.39, 0.29) is 29.9 Å². The number of hydrogen-bond donors (Lipinski definition) is 2. The van der Waals surface area contributed by atoms with Crippen LogP contribution >= 0.6 is 0 Å². The molecule has 5 nitrogen and oxygen atoms in total. The average Bonchev–Trinajstić information content (AvgIpc) is 2.57. The molecule has 0 amide bonds. The summed E-state index contributed by atoms with van der Waals surface area (Å²) >= 11 is 0. The van der Waals surface area contributed by atoms with Crippen LogP contribution in [-0.4, -0.2) is 49.6 Å². The predicted octanol–water partition coefficient (Wildman–Crippen LogP) is 0.0353. The average molecular weight is 380 g/mol. The lowest BCUT2D eigenvalue weighted by molar-refractivity contribution is -0.923. The van der Waals surface area contributed by atoms with Gasteiger partial charge in [0.05, 0.1) is 34.9 Å². The number of halogens is 1. The van der Waals surface area contributed by atoms with Gasteiger partial charge in [0, 0.05) is 18.4 Å². The van der Waals surface area contributed by atoms with Gasteiger partial charge in [-0.05, 0) is 35.4 Å². The molecule has 0 unspecified atom stereocenters. The molecule has 0 aliphatic carbocycles. The zero-order valence-corrected chi connectivity index (χ0v) is 16.4. The van der Waals surface area contributed by atoms with Crippen molar-refractivity contribution in [1.29, 1.82) is 0 Å². The van der Waals surface area contributed by atoms with E-state index in [1.54, 1.807) is 26.4 Å². The minimum atomic E-state index is 0. The van der Waals surface area contributed by atoms with E-state index in [2.05, 4.69) is 14.1 Å². The number of hydrogen-bond acceptors (Lipinski definition) is 4. The lowest BCUT2D eigenvalue weighted by atomic mass is 9.87. The van der Waals surface area contributed by atoms with Crippen molar-refractivity contribution in [3.63, 3.8) is 0 Å². The summed E-state index contributed by atoms with van der Waals surface area (Å²) in [6, 6.07) is 9.50. The molecular formula is C20H26ClNO4. The summed E-state index contributed by atoms with van der Waals surface area (Å²) in [4.78, 5) is 0. The number of aromatic hydroxyl groups is 2. The largest absolute Gasteiger partial charge is 1.00 e. The zero-order chi connectivity index (χ0) is 18.2. The first-order valence-corrected chi connectivity index (χ1v) is 8.44. The molecule has 0 spiro atoms. The second-order valence-electron chi connectivity index (χ2n) is 7.20. The van der Waals surface area contributed by atoms with Crippen molar-refractivity contribution in [3.8, 4) is 23.0 Å². The van der Waals surface area contributed by atoms with Gasteiger partial charge in [-0.2, -0.15) is 0 Å². The molecule has 1 atom stereocenters. The van der Waals surface area contributed by atoms with Crippen LogP contribution in [0.2, 0.25) is 0 Å². The molecule has 3 rings (SSSR count). The molecule has 142 valence electrons. The Morgan fingerprint density at radius 3 is 2.27 bits per heavy atom. The Bertz CT molecular complexity index is 792. The molecule has 0 radical (unpaired) electrons. The van der Waals surface area contributed by atoms with Gasteiger partial charge in [0.2, 0.25) is 0 Å². The highest BCUT2D eigenvalue weighted by Gasteiger charge is 2.36. The van der Waals surface area contributed by atoms with Gasteiger partial charge in [0.1, 0.15) is 6.04 Å². The number of rotatable bonds is 4. The fourth-order valence-electron chi connectivity index (χ4n) is 3.70. The number of fused-ring (bicyclic) bond motifs is 1. The van der Waals surface area contributed by atoms with E-state index in [4.69, 9.17) is 9.47 Å². The summed E-state index contributed by atoms with van der Waals surface area (Å²) in [6.07, 6.45) is 1.71. The van der Waals surface area contributed by atoms with Crippen LogP contribution in [0.3, 0.4) is 0 Å². The number of quaternary nitrogens is 1. The fourth-order valence-corrected chi connectivity index (χ4v) is 3.70. The Morgan fingerprint density at radius 2 is 1.65 bits per heavy atom. The van der Waals surface area contributed by atoms with Crippen molar-refractivity contribution in [3.05, 3.63) is 47.0 Å². The van der Waals surface area contributed by atoms with Crippen LogP contribution in [0.5, 0.6) is 23.0 Å². The number of ether oxygens (including phenoxy) is 2. The minimum Gasteiger partial charge on any atom is -1.00 e. The van der Waals surface area contributed by atoms with E-state index in [0.717, 1.165) is 35.0 Å². The molecule has 26 heavy (non-hydrogen) atoms. The third-order valence-corrected chi connectivity index (χ3v) is 5.27. The molecule has 0 aromatic heterocycles. The van der Waals surface area contributed by atoms with E-state index in [0.29, 0.717) is 11.5 Å². The highest BCUT2D eigenvalue weighted by Crippen LogP contribution is 2.41. The predicted molar refractivity (Wildman–Crippen MR) is 96.4 cm³/mol. The normalized spacial score (nSPS) is 17.8. The summed E-state index contributed by atoms with van der Waals surface area (Å²) < 4.78 is 11.2. The Kier molecular flexibility index (Phi) is 5.94. The Balaban J connectivity index is 0.00000243. The standard InChI is InChI=1S/C20H25NO4.ClH/c1-21(2)8-7-14-11-20(25-4)18(23)12-15(14)16(21)9-13-5-6-19(24-3)17(22)10-13;/h5-6,10-12,16H,7-9H2,1-4H3,(H-,22,23);1H/t16-;/m0./s1. The molecule has 0 bridgehead atoms. The van der Waals surface area contributed by atoms with Gasteiger partial charge < -0.3 is 36.6 Å². The highest BCUT2D eigenvalue weighted by molar-refractivity contribution is 5.49. The van der Waals surface area contributed by atoms with E-state index < -0.39 is 0 Å². The molecule has 2 aromatic carbocycles. The van der Waals surface area contributed by atoms with Gasteiger partial charge in [-0.1, -0.05) is 6.07 Å². The van der Waals surface area contributed by atoms with Crippen LogP contribution in [0.4, 0.5) is 0 Å². The minimum absolute atomic E-state index is 0. The maximum atomic E-state index is 10.2. The van der Waals surface area contributed by atoms with Crippen molar-refractivity contribution >= 4 is 0 Å². The lowest BCUT2D eigenvalue weighted by Gasteiger charge is -2.43. The lowest BCUT2D eigenvalue weighted by Crippen LogP contribution is -3.00. The van der Waals surface area contributed by atoms with Gasteiger partial charge in [-0.3, -0.25) is 0 Å². The van der Waals surface area contributed by atoms with Crippen LogP contribution in [0, 0.1) is 0 Å². The maximum absolute atomic E-state index is 10.2. The molecule has 0 saturated heterocycles. The van der Waals surface area contributed by atoms with Crippen molar-refractivity contribution in [2.24, 2.45) is 0 Å². The van der Waals surface area contributed by atoms with E-state index in [1.165, 1.54) is 5.56 Å². The van der Waals surface area contributed by atoms with Crippen molar-refractivity contribution in [2.45, 2.75) is 18.9 Å². The Morgan fingerprint density at radius 1 is 1.00 bits per heavy atom. The quantitative estimate of drug-likeness (QED) is 0.736. The maximum Gasteiger partial charge on any atom is 0.160 e. The van der Waals surface area contributed by atoms with Crippen molar-refractivity contribution in [1.82, 2.24) is 0 Å². The van der Waals surface area contributed by atoms with Crippen LogP contribution in [0.25, 0.3) is 0 Å². The molecular weight excluding hydrogens is 354 g/mol. The van der Waals surface area contributed by atoms with Gasteiger partial charge in [0.15, 0.2) is 23.0 Å². The van der Waals surface area contributed by atoms with E-state index in [1.807, 2.05) is 18.2 Å². The van der Waals surface area contributed by atoms with Crippen LogP contribution in [0.15, 0.2) is 30.3 Å². The number of phenolic OH excluding ortho intramolecular Hbond substituents is 2. The van der Waals surface area contributed by atoms with Gasteiger partial charge >= 0.3 is 0 Å². The number of benzene rings is 2. The number of likely N-dealkylation sites (N-methyl/N-ethyl adjacent to an activating group) is 1. The zero-order valence-electron chi connectivity index (χ0n) is 15.6. The summed E-state index contributed by atoms with van der Waals surface area (Å²) in [5.74, 6) is 1.32. The fraction of sp³-hybridized carbons (Fsp3) is 0.400. The van der Waals surface area contributed by atoms with E-state index >= 15 is 0 Å². The topological polar surface area (TPSA) is 58.9 Å². The SMILES string of the molecule is COc1ccc(C[C@H]2c3cc(O)c(OC)cc3CC[N+]2(C)C)cc1O.[Cl-]. The highest BCUT2D eigenvalue weighted by atomic mass is 35.5. The summed E-state index contributed by atoms with van der Waals surface area (Å²) in [5.41, 5.74) is 3.40. The third-order valence-electron chi connectivity index (χ3n) is 5.27. The molecule has 1 aliphatic heterocycles. The Labute approximate surface area is 160 Å². The molecule has 2 N–H and O–H groups in total. The molecule has 0 fully saturated rings. The van der Waals surface area contributed by atoms with Crippen molar-refractivity contribution < 1.29 is 36.6 Å². The van der Waals surface area contributed by atoms with Gasteiger partial charge in [0.25, 0.3) is 0 Å². The second-order valence-corrected chi connectivity index (χ2v) is 7.20. The molecule has 6 heteroatoms. The first kappa shape index (κ1) is 20.2. The summed E-state index contributed by atoms with van der Waals surface area (Å²) in [7, 11) is 7.53.